The van der Waals surface area contributed by atoms with Gasteiger partial charge in [-0.1, -0.05) is 32.6 Å². The molecule has 3 atom stereocenters. The van der Waals surface area contributed by atoms with E-state index in [1.165, 1.54) is 17.0 Å². The van der Waals surface area contributed by atoms with Crippen LogP contribution in [0.4, 0.5) is 4.39 Å². The molecule has 1 aliphatic heterocycles. The second kappa shape index (κ2) is 8.72. The minimum absolute atomic E-state index is 0.0790. The van der Waals surface area contributed by atoms with Crippen molar-refractivity contribution in [3.8, 4) is 11.8 Å². The summed E-state index contributed by atoms with van der Waals surface area (Å²) in [6.07, 6.45) is -0.598. The van der Waals surface area contributed by atoms with Gasteiger partial charge in [0.15, 0.2) is 0 Å². The third kappa shape index (κ3) is 5.31. The second-order valence-electron chi connectivity index (χ2n) is 8.22. The molecule has 1 aromatic rings. The van der Waals surface area contributed by atoms with Crippen LogP contribution in [0.25, 0.3) is 0 Å². The standard InChI is InChI=1S/C21H28FN3O3/c1-13-10-15(22)8-7-14(13)6-5-9-24-19(27)17-11-16(26)12-25(17)20(28)18(23)21(2,3)4/h7-8,10,16-18,26H,9,11-12,23H2,1-4H3,(H,24,27)/t16-,17+,18-/m1/s1. The number of nitrogens with two attached hydrogens (primary N) is 1. The number of rotatable bonds is 3. The number of aryl methyl sites for hydroxylation is 1. The Bertz CT molecular complexity index is 807. The van der Waals surface area contributed by atoms with Gasteiger partial charge in [-0.3, -0.25) is 9.59 Å². The molecule has 0 aromatic heterocycles. The van der Waals surface area contributed by atoms with Gasteiger partial charge in [0.25, 0.3) is 0 Å². The zero-order chi connectivity index (χ0) is 21.1. The number of halogens is 1. The molecular weight excluding hydrogens is 361 g/mol. The summed E-state index contributed by atoms with van der Waals surface area (Å²) >= 11 is 0. The summed E-state index contributed by atoms with van der Waals surface area (Å²) in [7, 11) is 0. The molecule has 0 bridgehead atoms. The first kappa shape index (κ1) is 21.9. The number of amides is 2. The molecule has 0 unspecified atom stereocenters. The van der Waals surface area contributed by atoms with E-state index in [-0.39, 0.29) is 37.1 Å². The quantitative estimate of drug-likeness (QED) is 0.671. The van der Waals surface area contributed by atoms with E-state index in [0.29, 0.717) is 11.1 Å². The van der Waals surface area contributed by atoms with E-state index in [2.05, 4.69) is 17.2 Å². The third-order valence-corrected chi connectivity index (χ3v) is 4.83. The number of hydrogen-bond donors (Lipinski definition) is 3. The predicted molar refractivity (Wildman–Crippen MR) is 105 cm³/mol. The van der Waals surface area contributed by atoms with Gasteiger partial charge < -0.3 is 21.1 Å². The van der Waals surface area contributed by atoms with E-state index >= 15 is 0 Å². The minimum Gasteiger partial charge on any atom is -0.391 e. The average Bonchev–Trinajstić information content (AvgIpc) is 2.99. The molecule has 1 heterocycles. The maximum absolute atomic E-state index is 13.1. The molecule has 6 nitrogen and oxygen atoms in total. The molecule has 1 aliphatic rings. The number of carbonyl (C=O) groups excluding carboxylic acids is 2. The Morgan fingerprint density at radius 2 is 2.11 bits per heavy atom. The van der Waals surface area contributed by atoms with Crippen molar-refractivity contribution in [1.82, 2.24) is 10.2 Å². The third-order valence-electron chi connectivity index (χ3n) is 4.83. The molecule has 152 valence electrons. The van der Waals surface area contributed by atoms with Gasteiger partial charge in [0, 0.05) is 18.5 Å². The van der Waals surface area contributed by atoms with Crippen molar-refractivity contribution >= 4 is 11.8 Å². The van der Waals surface area contributed by atoms with Gasteiger partial charge in [0.05, 0.1) is 18.7 Å². The molecule has 4 N–H and O–H groups in total. The first-order chi connectivity index (χ1) is 13.0. The summed E-state index contributed by atoms with van der Waals surface area (Å²) in [5, 5.41) is 12.6. The van der Waals surface area contributed by atoms with E-state index < -0.39 is 23.6 Å². The van der Waals surface area contributed by atoms with Crippen LogP contribution in [0.2, 0.25) is 0 Å². The Morgan fingerprint density at radius 1 is 1.43 bits per heavy atom. The maximum Gasteiger partial charge on any atom is 0.243 e. The van der Waals surface area contributed by atoms with Crippen LogP contribution in [-0.4, -0.2) is 53.1 Å². The van der Waals surface area contributed by atoms with E-state index in [1.54, 1.807) is 13.0 Å². The van der Waals surface area contributed by atoms with Crippen molar-refractivity contribution in [3.63, 3.8) is 0 Å². The molecule has 1 saturated heterocycles. The first-order valence-electron chi connectivity index (χ1n) is 9.27. The lowest BCUT2D eigenvalue weighted by atomic mass is 9.86. The maximum atomic E-state index is 13.1. The fourth-order valence-corrected chi connectivity index (χ4v) is 3.01. The molecule has 1 aromatic carbocycles. The smallest absolute Gasteiger partial charge is 0.243 e. The number of likely N-dealkylation sites (tertiary alicyclic amines) is 1. The Labute approximate surface area is 165 Å². The molecular formula is C21H28FN3O3. The van der Waals surface area contributed by atoms with Gasteiger partial charge in [0.1, 0.15) is 11.9 Å². The number of aliphatic hydroxyl groups is 1. The number of carbonyl (C=O) groups is 2. The highest BCUT2D eigenvalue weighted by molar-refractivity contribution is 5.91. The fraction of sp³-hybridized carbons (Fsp3) is 0.524. The van der Waals surface area contributed by atoms with Crippen molar-refractivity contribution < 1.29 is 19.1 Å². The highest BCUT2D eigenvalue weighted by Gasteiger charge is 2.42. The molecule has 0 radical (unpaired) electrons. The van der Waals surface area contributed by atoms with Crippen LogP contribution >= 0.6 is 0 Å². The van der Waals surface area contributed by atoms with Crippen LogP contribution in [-0.2, 0) is 9.59 Å². The monoisotopic (exact) mass is 389 g/mol. The summed E-state index contributed by atoms with van der Waals surface area (Å²) < 4.78 is 13.1. The Balaban J connectivity index is 2.00. The lowest BCUT2D eigenvalue weighted by Crippen LogP contribution is -2.55. The molecule has 0 saturated carbocycles. The number of β-amino-alcohol motifs (C(OH)–C–C–N with tert-alkyl or cyclic N) is 1. The Kier molecular flexibility index (Phi) is 6.81. The minimum atomic E-state index is -0.773. The fourth-order valence-electron chi connectivity index (χ4n) is 3.01. The Hall–Kier alpha value is -2.43. The lowest BCUT2D eigenvalue weighted by molar-refractivity contribution is -0.141. The van der Waals surface area contributed by atoms with E-state index in [1.807, 2.05) is 20.8 Å². The van der Waals surface area contributed by atoms with Crippen LogP contribution < -0.4 is 11.1 Å². The molecule has 28 heavy (non-hydrogen) atoms. The Morgan fingerprint density at radius 3 is 2.71 bits per heavy atom. The molecule has 7 heteroatoms. The zero-order valence-electron chi connectivity index (χ0n) is 16.8. The van der Waals surface area contributed by atoms with Crippen LogP contribution in [0.15, 0.2) is 18.2 Å². The summed E-state index contributed by atoms with van der Waals surface area (Å²) in [6.45, 7) is 7.48. The van der Waals surface area contributed by atoms with Gasteiger partial charge in [-0.2, -0.15) is 0 Å². The average molecular weight is 389 g/mol. The van der Waals surface area contributed by atoms with Crippen molar-refractivity contribution in [2.75, 3.05) is 13.1 Å². The van der Waals surface area contributed by atoms with Gasteiger partial charge in [0.2, 0.25) is 11.8 Å². The number of nitrogens with zero attached hydrogens (tertiary/aromatic N) is 1. The zero-order valence-corrected chi connectivity index (χ0v) is 16.8. The van der Waals surface area contributed by atoms with Crippen LogP contribution in [0.1, 0.15) is 38.3 Å². The first-order valence-corrected chi connectivity index (χ1v) is 9.27. The molecule has 1 fully saturated rings. The molecule has 0 aliphatic carbocycles. The SMILES string of the molecule is Cc1cc(F)ccc1C#CCNC(=O)[C@@H]1C[C@@H](O)CN1C(=O)[C@@H](N)C(C)(C)C. The molecule has 0 spiro atoms. The van der Waals surface area contributed by atoms with Gasteiger partial charge >= 0.3 is 0 Å². The van der Waals surface area contributed by atoms with E-state index in [9.17, 15) is 19.1 Å². The van der Waals surface area contributed by atoms with Crippen molar-refractivity contribution in [2.24, 2.45) is 11.1 Å². The van der Waals surface area contributed by atoms with Crippen LogP contribution in [0.5, 0.6) is 0 Å². The van der Waals surface area contributed by atoms with Crippen LogP contribution in [0.3, 0.4) is 0 Å². The topological polar surface area (TPSA) is 95.7 Å². The van der Waals surface area contributed by atoms with Gasteiger partial charge in [-0.15, -0.1) is 0 Å². The van der Waals surface area contributed by atoms with Crippen molar-refractivity contribution in [1.29, 1.82) is 0 Å². The largest absolute Gasteiger partial charge is 0.391 e. The van der Waals surface area contributed by atoms with Crippen molar-refractivity contribution in [3.05, 3.63) is 35.1 Å². The number of nitrogens with one attached hydrogen (secondary N) is 1. The molecule has 2 rings (SSSR count). The van der Waals surface area contributed by atoms with Gasteiger partial charge in [-0.05, 0) is 36.1 Å². The summed E-state index contributed by atoms with van der Waals surface area (Å²) in [5.74, 6) is 4.66. The van der Waals surface area contributed by atoms with Gasteiger partial charge in [-0.25, -0.2) is 4.39 Å². The normalized spacial score (nSPS) is 20.3. The van der Waals surface area contributed by atoms with E-state index in [0.717, 1.165) is 0 Å². The number of hydrogen-bond acceptors (Lipinski definition) is 4. The summed E-state index contributed by atoms with van der Waals surface area (Å²) in [5.41, 5.74) is 6.98. The highest BCUT2D eigenvalue weighted by atomic mass is 19.1. The van der Waals surface area contributed by atoms with E-state index in [4.69, 9.17) is 5.73 Å². The van der Waals surface area contributed by atoms with Crippen molar-refractivity contribution in [2.45, 2.75) is 52.3 Å². The molecule has 2 amide bonds. The predicted octanol–water partition coefficient (Wildman–Crippen LogP) is 0.937. The summed E-state index contributed by atoms with van der Waals surface area (Å²) in [4.78, 5) is 26.6. The number of benzene rings is 1. The number of aliphatic hydroxyl groups excluding tert-OH is 1. The summed E-state index contributed by atoms with van der Waals surface area (Å²) in [6, 6.07) is 2.77. The highest BCUT2D eigenvalue weighted by Crippen LogP contribution is 2.24. The lowest BCUT2D eigenvalue weighted by Gasteiger charge is -2.32. The second-order valence-corrected chi connectivity index (χ2v) is 8.22. The van der Waals surface area contributed by atoms with Crippen LogP contribution in [0, 0.1) is 30.0 Å².